The van der Waals surface area contributed by atoms with Crippen LogP contribution in [0.5, 0.6) is 0 Å². The number of ketones is 1. The second-order valence-electron chi connectivity index (χ2n) is 8.97. The molecule has 7 heteroatoms. The predicted molar refractivity (Wildman–Crippen MR) is 129 cm³/mol. The molecule has 3 aromatic rings. The number of hydrogen-bond donors (Lipinski definition) is 2. The lowest BCUT2D eigenvalue weighted by atomic mass is 9.83. The van der Waals surface area contributed by atoms with Gasteiger partial charge in [0.1, 0.15) is 0 Å². The Balaban J connectivity index is 1.34. The summed E-state index contributed by atoms with van der Waals surface area (Å²) in [5.74, 6) is 0.325. The van der Waals surface area contributed by atoms with Gasteiger partial charge in [0.25, 0.3) is 11.5 Å². The molecule has 1 fully saturated rings. The summed E-state index contributed by atoms with van der Waals surface area (Å²) < 4.78 is 1.91. The molecule has 0 radical (unpaired) electrons. The van der Waals surface area contributed by atoms with Crippen LogP contribution in [-0.2, 0) is 6.54 Å². The maximum atomic E-state index is 12.8. The summed E-state index contributed by atoms with van der Waals surface area (Å²) in [6.07, 6.45) is 1.07. The van der Waals surface area contributed by atoms with E-state index in [1.807, 2.05) is 22.8 Å². The summed E-state index contributed by atoms with van der Waals surface area (Å²) in [5, 5.41) is 2.84. The molecular formula is C26H26N4O3. The highest BCUT2D eigenvalue weighted by Gasteiger charge is 2.35. The third-order valence-corrected chi connectivity index (χ3v) is 6.64. The molecule has 2 aliphatic rings. The fourth-order valence-electron chi connectivity index (χ4n) is 5.10. The third-order valence-electron chi connectivity index (χ3n) is 6.64. The molecule has 2 aromatic carbocycles. The lowest BCUT2D eigenvalue weighted by Gasteiger charge is -2.44. The van der Waals surface area contributed by atoms with Crippen LogP contribution in [0.15, 0.2) is 65.5 Å². The van der Waals surface area contributed by atoms with E-state index >= 15 is 0 Å². The van der Waals surface area contributed by atoms with Crippen molar-refractivity contribution in [3.8, 4) is 0 Å². The first-order valence-corrected chi connectivity index (χ1v) is 11.2. The molecule has 3 heterocycles. The van der Waals surface area contributed by atoms with Gasteiger partial charge in [0.2, 0.25) is 0 Å². The average molecular weight is 443 g/mol. The highest BCUT2D eigenvalue weighted by atomic mass is 16.2. The van der Waals surface area contributed by atoms with Crippen molar-refractivity contribution in [2.24, 2.45) is 5.92 Å². The number of rotatable bonds is 4. The van der Waals surface area contributed by atoms with Crippen LogP contribution in [0, 0.1) is 5.92 Å². The molecule has 1 saturated heterocycles. The first-order chi connectivity index (χ1) is 15.9. The van der Waals surface area contributed by atoms with Crippen molar-refractivity contribution in [3.05, 3.63) is 87.8 Å². The van der Waals surface area contributed by atoms with E-state index < -0.39 is 0 Å². The topological polar surface area (TPSA) is 97.4 Å². The largest absolute Gasteiger partial charge is 0.397 e. The zero-order valence-corrected chi connectivity index (χ0v) is 18.5. The zero-order valence-electron chi connectivity index (χ0n) is 18.5. The van der Waals surface area contributed by atoms with Crippen molar-refractivity contribution in [3.63, 3.8) is 0 Å². The lowest BCUT2D eigenvalue weighted by molar-refractivity contribution is 0.101. The van der Waals surface area contributed by atoms with Gasteiger partial charge in [0.15, 0.2) is 5.78 Å². The molecule has 1 amide bonds. The number of amides is 1. The number of aromatic nitrogens is 1. The van der Waals surface area contributed by atoms with Gasteiger partial charge in [-0.15, -0.1) is 0 Å². The zero-order chi connectivity index (χ0) is 23.1. The molecule has 0 saturated carbocycles. The van der Waals surface area contributed by atoms with E-state index in [0.29, 0.717) is 28.4 Å². The molecule has 0 spiro atoms. The molecule has 5 rings (SSSR count). The number of nitrogens with one attached hydrogen (secondary N) is 1. The van der Waals surface area contributed by atoms with E-state index in [9.17, 15) is 14.4 Å². The molecule has 1 aromatic heterocycles. The Labute approximate surface area is 191 Å². The number of nitrogen functional groups attached to an aromatic ring is 1. The third kappa shape index (κ3) is 4.02. The molecule has 33 heavy (non-hydrogen) atoms. The monoisotopic (exact) mass is 442 g/mol. The predicted octanol–water partition coefficient (Wildman–Crippen LogP) is 3.51. The molecule has 2 atom stereocenters. The molecule has 3 N–H and O–H groups in total. The minimum absolute atomic E-state index is 0.0570. The maximum absolute atomic E-state index is 12.8. The average Bonchev–Trinajstić information content (AvgIpc) is 2.80. The van der Waals surface area contributed by atoms with Gasteiger partial charge in [-0.25, -0.2) is 0 Å². The Morgan fingerprint density at radius 3 is 2.58 bits per heavy atom. The van der Waals surface area contributed by atoms with Crippen molar-refractivity contribution < 1.29 is 9.59 Å². The van der Waals surface area contributed by atoms with Gasteiger partial charge in [0.05, 0.1) is 11.4 Å². The Hall–Kier alpha value is -3.87. The van der Waals surface area contributed by atoms with Crippen LogP contribution < -0.4 is 21.5 Å². The van der Waals surface area contributed by atoms with Crippen molar-refractivity contribution >= 4 is 28.8 Å². The highest BCUT2D eigenvalue weighted by molar-refractivity contribution is 6.06. The second kappa shape index (κ2) is 8.24. The van der Waals surface area contributed by atoms with E-state index in [4.69, 9.17) is 5.73 Å². The minimum Gasteiger partial charge on any atom is -0.397 e. The number of carbonyl (C=O) groups is 2. The fourth-order valence-corrected chi connectivity index (χ4v) is 5.10. The van der Waals surface area contributed by atoms with Gasteiger partial charge in [-0.05, 0) is 55.7 Å². The number of nitrogens with two attached hydrogens (primary N) is 1. The molecule has 7 nitrogen and oxygen atoms in total. The lowest BCUT2D eigenvalue weighted by Crippen LogP contribution is -2.47. The van der Waals surface area contributed by atoms with Crippen molar-refractivity contribution in [1.82, 2.24) is 4.57 Å². The molecule has 2 aliphatic heterocycles. The first kappa shape index (κ1) is 21.0. The van der Waals surface area contributed by atoms with Gasteiger partial charge >= 0.3 is 0 Å². The highest BCUT2D eigenvalue weighted by Crippen LogP contribution is 2.38. The van der Waals surface area contributed by atoms with Crippen LogP contribution in [0.1, 0.15) is 45.7 Å². The van der Waals surface area contributed by atoms with Gasteiger partial charge < -0.3 is 20.5 Å². The summed E-state index contributed by atoms with van der Waals surface area (Å²) in [4.78, 5) is 38.9. The van der Waals surface area contributed by atoms with Crippen molar-refractivity contribution in [2.45, 2.75) is 25.8 Å². The van der Waals surface area contributed by atoms with E-state index in [1.54, 1.807) is 42.5 Å². The summed E-state index contributed by atoms with van der Waals surface area (Å²) in [5.41, 5.74) is 10.6. The number of anilines is 3. The molecule has 0 aliphatic carbocycles. The first-order valence-electron chi connectivity index (χ1n) is 11.2. The number of fused-ring (bicyclic) bond motifs is 4. The molecule has 168 valence electrons. The van der Waals surface area contributed by atoms with Crippen LogP contribution in [0.2, 0.25) is 0 Å². The Morgan fingerprint density at radius 1 is 0.970 bits per heavy atom. The van der Waals surface area contributed by atoms with Gasteiger partial charge in [-0.2, -0.15) is 0 Å². The van der Waals surface area contributed by atoms with Gasteiger partial charge in [-0.3, -0.25) is 14.4 Å². The molecule has 2 bridgehead atoms. The van der Waals surface area contributed by atoms with Crippen LogP contribution in [0.4, 0.5) is 17.1 Å². The Kier molecular flexibility index (Phi) is 5.24. The number of hydrogen-bond acceptors (Lipinski definition) is 5. The summed E-state index contributed by atoms with van der Waals surface area (Å²) >= 11 is 0. The number of carbonyl (C=O) groups excluding carboxylic acids is 2. The second-order valence-corrected chi connectivity index (χ2v) is 8.97. The van der Waals surface area contributed by atoms with E-state index in [0.717, 1.165) is 37.4 Å². The van der Waals surface area contributed by atoms with E-state index in [1.165, 1.54) is 6.92 Å². The van der Waals surface area contributed by atoms with Gasteiger partial charge in [0, 0.05) is 54.1 Å². The van der Waals surface area contributed by atoms with Crippen molar-refractivity contribution in [2.75, 3.05) is 29.0 Å². The minimum atomic E-state index is -0.280. The summed E-state index contributed by atoms with van der Waals surface area (Å²) in [7, 11) is 0. The molecular weight excluding hydrogens is 416 g/mol. The molecule has 2 unspecified atom stereocenters. The van der Waals surface area contributed by atoms with Crippen molar-refractivity contribution in [1.29, 1.82) is 0 Å². The van der Waals surface area contributed by atoms with Crippen LogP contribution in [-0.4, -0.2) is 29.3 Å². The SMILES string of the molecule is CC(=O)c1cccc(NC(=O)c2ccc(N3CC4CC(C3)c3cccc(=O)n3C4)c(N)c2)c1. The van der Waals surface area contributed by atoms with Crippen LogP contribution in [0.3, 0.4) is 0 Å². The van der Waals surface area contributed by atoms with Crippen LogP contribution >= 0.6 is 0 Å². The quantitative estimate of drug-likeness (QED) is 0.476. The normalized spacial score (nSPS) is 19.0. The number of pyridine rings is 1. The standard InChI is InChI=1S/C26H26N4O3/c1-16(31)18-4-2-5-21(11-18)28-26(33)19-8-9-24(22(27)12-19)29-13-17-10-20(15-29)23-6-3-7-25(32)30(23)14-17/h2-9,11-12,17,20H,10,13-15,27H2,1H3,(H,28,33). The number of piperidine rings is 1. The number of Topliss-reactive ketones (excluding diaryl/α,β-unsaturated/α-hetero) is 1. The van der Waals surface area contributed by atoms with Crippen LogP contribution in [0.25, 0.3) is 0 Å². The smallest absolute Gasteiger partial charge is 0.255 e. The van der Waals surface area contributed by atoms with E-state index in [-0.39, 0.29) is 23.2 Å². The summed E-state index contributed by atoms with van der Waals surface area (Å²) in [6, 6.07) is 17.7. The Morgan fingerprint density at radius 2 is 1.79 bits per heavy atom. The fraction of sp³-hybridized carbons (Fsp3) is 0.269. The maximum Gasteiger partial charge on any atom is 0.255 e. The Bertz CT molecular complexity index is 1310. The van der Waals surface area contributed by atoms with E-state index in [2.05, 4.69) is 10.2 Å². The number of nitrogens with zero attached hydrogens (tertiary/aromatic N) is 2. The number of benzene rings is 2. The van der Waals surface area contributed by atoms with Gasteiger partial charge in [-0.1, -0.05) is 18.2 Å². The summed E-state index contributed by atoms with van der Waals surface area (Å²) in [6.45, 7) is 3.83.